The molecule has 36 heavy (non-hydrogen) atoms. The van der Waals surface area contributed by atoms with Crippen molar-refractivity contribution in [1.29, 1.82) is 0 Å². The number of carbonyl (C=O) groups is 1. The van der Waals surface area contributed by atoms with Crippen LogP contribution < -0.4 is 10.5 Å². The van der Waals surface area contributed by atoms with Gasteiger partial charge in [-0.05, 0) is 75.7 Å². The molecule has 0 aliphatic heterocycles. The van der Waals surface area contributed by atoms with Crippen molar-refractivity contribution in [2.75, 3.05) is 20.2 Å². The highest BCUT2D eigenvalue weighted by molar-refractivity contribution is 7.15. The zero-order valence-electron chi connectivity index (χ0n) is 21.6. The van der Waals surface area contributed by atoms with Gasteiger partial charge in [0.2, 0.25) is 11.7 Å². The summed E-state index contributed by atoms with van der Waals surface area (Å²) in [5.41, 5.74) is 8.72. The fourth-order valence-electron chi connectivity index (χ4n) is 3.90. The first-order valence-corrected chi connectivity index (χ1v) is 12.9. The number of nitrogens with two attached hydrogens (primary N) is 1. The number of aliphatic hydroxyl groups is 2. The molecule has 9 nitrogen and oxygen atoms in total. The highest BCUT2D eigenvalue weighted by atomic mass is 32.1. The van der Waals surface area contributed by atoms with Crippen LogP contribution in [0.4, 0.5) is 0 Å². The Morgan fingerprint density at radius 3 is 2.53 bits per heavy atom. The first-order chi connectivity index (χ1) is 17.1. The van der Waals surface area contributed by atoms with Gasteiger partial charge in [-0.2, -0.15) is 4.98 Å². The van der Waals surface area contributed by atoms with Crippen LogP contribution in [0.15, 0.2) is 22.7 Å². The van der Waals surface area contributed by atoms with E-state index in [4.69, 9.17) is 15.0 Å². The molecule has 10 heteroatoms. The normalized spacial score (nSPS) is 13.2. The van der Waals surface area contributed by atoms with Gasteiger partial charge in [-0.25, -0.2) is 0 Å². The Balaban J connectivity index is 1.70. The van der Waals surface area contributed by atoms with Crippen molar-refractivity contribution >= 4 is 17.2 Å². The molecular weight excluding hydrogens is 480 g/mol. The molecule has 2 heterocycles. The Morgan fingerprint density at radius 2 is 1.89 bits per heavy atom. The molecule has 2 aromatic heterocycles. The van der Waals surface area contributed by atoms with E-state index < -0.39 is 18.1 Å². The Kier molecular flexibility index (Phi) is 9.61. The average molecular weight is 517 g/mol. The van der Waals surface area contributed by atoms with Gasteiger partial charge in [-0.3, -0.25) is 4.79 Å². The van der Waals surface area contributed by atoms with E-state index in [9.17, 15) is 15.0 Å². The summed E-state index contributed by atoms with van der Waals surface area (Å²) in [5.74, 6) is 0.714. The molecule has 4 N–H and O–H groups in total. The first kappa shape index (κ1) is 27.8. The number of aryl methyl sites for hydroxylation is 3. The SMILES string of the molecule is CCCCN(C)Cc1sc(-c2nc(-c3cc(C)c(OC[C@@H](O)CC(O)C(N)=O)c(C)c3)no2)cc1C. The lowest BCUT2D eigenvalue weighted by Crippen LogP contribution is -2.33. The number of hydrogen-bond donors (Lipinski definition) is 3. The largest absolute Gasteiger partial charge is 0.490 e. The van der Waals surface area contributed by atoms with Crippen molar-refractivity contribution in [3.05, 3.63) is 39.8 Å². The first-order valence-electron chi connectivity index (χ1n) is 12.1. The molecule has 0 fully saturated rings. The fraction of sp³-hybridized carbons (Fsp3) is 0.500. The predicted octanol–water partition coefficient (Wildman–Crippen LogP) is 3.60. The van der Waals surface area contributed by atoms with Gasteiger partial charge in [0.15, 0.2) is 0 Å². The van der Waals surface area contributed by atoms with Gasteiger partial charge in [0, 0.05) is 23.4 Å². The van der Waals surface area contributed by atoms with E-state index in [1.165, 1.54) is 23.3 Å². The van der Waals surface area contributed by atoms with Crippen molar-refractivity contribution in [1.82, 2.24) is 15.0 Å². The van der Waals surface area contributed by atoms with Crippen LogP contribution in [-0.2, 0) is 11.3 Å². The van der Waals surface area contributed by atoms with E-state index in [1.807, 2.05) is 26.0 Å². The van der Waals surface area contributed by atoms with Crippen LogP contribution in [0.1, 0.15) is 47.8 Å². The quantitative estimate of drug-likeness (QED) is 0.314. The smallest absolute Gasteiger partial charge is 0.268 e. The minimum atomic E-state index is -1.41. The summed E-state index contributed by atoms with van der Waals surface area (Å²) in [4.78, 5) is 20.2. The standard InChI is InChI=1S/C26H36N4O5S/c1-6-7-8-30(5)13-22-15(2)11-21(36-22)26-28-25(29-35-26)18-9-16(3)23(17(4)10-18)34-14-19(31)12-20(32)24(27)33/h9-11,19-20,31-32H,6-8,12-14H2,1-5H3,(H2,27,33)/t19-,20?/m0/s1. The van der Waals surface area contributed by atoms with Crippen LogP contribution in [0.5, 0.6) is 5.75 Å². The lowest BCUT2D eigenvalue weighted by molar-refractivity contribution is -0.127. The topological polar surface area (TPSA) is 135 Å². The summed E-state index contributed by atoms with van der Waals surface area (Å²) >= 11 is 1.68. The molecule has 0 saturated heterocycles. The molecule has 0 radical (unpaired) electrons. The number of rotatable bonds is 13. The molecule has 1 aromatic carbocycles. The van der Waals surface area contributed by atoms with E-state index in [0.717, 1.165) is 34.7 Å². The number of hydrogen-bond acceptors (Lipinski definition) is 9. The zero-order valence-corrected chi connectivity index (χ0v) is 22.4. The third-order valence-corrected chi connectivity index (χ3v) is 7.14. The lowest BCUT2D eigenvalue weighted by atomic mass is 10.1. The van der Waals surface area contributed by atoms with E-state index in [0.29, 0.717) is 17.5 Å². The predicted molar refractivity (Wildman–Crippen MR) is 140 cm³/mol. The Labute approximate surface area is 215 Å². The number of aliphatic hydroxyl groups excluding tert-OH is 2. The van der Waals surface area contributed by atoms with Crippen molar-refractivity contribution in [3.8, 4) is 27.9 Å². The van der Waals surface area contributed by atoms with Crippen LogP contribution in [0, 0.1) is 20.8 Å². The van der Waals surface area contributed by atoms with Crippen LogP contribution >= 0.6 is 11.3 Å². The number of nitrogens with zero attached hydrogens (tertiary/aromatic N) is 3. The lowest BCUT2D eigenvalue weighted by Gasteiger charge is -2.17. The summed E-state index contributed by atoms with van der Waals surface area (Å²) in [5, 5.41) is 23.8. The number of amides is 1. The molecule has 1 unspecified atom stereocenters. The second-order valence-electron chi connectivity index (χ2n) is 9.29. The molecular formula is C26H36N4O5S. The molecule has 0 aliphatic carbocycles. The number of primary amides is 1. The maximum Gasteiger partial charge on any atom is 0.268 e. The number of carbonyl (C=O) groups excluding carboxylic acids is 1. The minimum absolute atomic E-state index is 0.0780. The number of ether oxygens (including phenoxy) is 1. The van der Waals surface area contributed by atoms with Gasteiger partial charge >= 0.3 is 0 Å². The highest BCUT2D eigenvalue weighted by Gasteiger charge is 2.20. The second kappa shape index (κ2) is 12.4. The molecule has 1 amide bonds. The van der Waals surface area contributed by atoms with Gasteiger partial charge in [0.1, 0.15) is 18.5 Å². The Morgan fingerprint density at radius 1 is 1.19 bits per heavy atom. The average Bonchev–Trinajstić information content (AvgIpc) is 3.44. The molecule has 0 aliphatic rings. The van der Waals surface area contributed by atoms with Gasteiger partial charge in [0.25, 0.3) is 5.89 Å². The Hall–Kier alpha value is -2.79. The molecule has 3 rings (SSSR count). The zero-order chi connectivity index (χ0) is 26.4. The van der Waals surface area contributed by atoms with E-state index >= 15 is 0 Å². The minimum Gasteiger partial charge on any atom is -0.490 e. The number of benzene rings is 1. The highest BCUT2D eigenvalue weighted by Crippen LogP contribution is 2.34. The third-order valence-electron chi connectivity index (χ3n) is 5.93. The van der Waals surface area contributed by atoms with E-state index in [-0.39, 0.29) is 13.0 Å². The van der Waals surface area contributed by atoms with Crippen LogP contribution in [0.3, 0.4) is 0 Å². The molecule has 0 spiro atoms. The number of aromatic nitrogens is 2. The fourth-order valence-corrected chi connectivity index (χ4v) is 5.08. The van der Waals surface area contributed by atoms with Crippen LogP contribution in [0.2, 0.25) is 0 Å². The second-order valence-corrected chi connectivity index (χ2v) is 10.4. The van der Waals surface area contributed by atoms with E-state index in [1.54, 1.807) is 11.3 Å². The summed E-state index contributed by atoms with van der Waals surface area (Å²) < 4.78 is 11.4. The van der Waals surface area contributed by atoms with Gasteiger partial charge < -0.3 is 30.1 Å². The number of unbranched alkanes of at least 4 members (excludes halogenated alkanes) is 1. The van der Waals surface area contributed by atoms with Crippen molar-refractivity contribution < 1.29 is 24.3 Å². The summed E-state index contributed by atoms with van der Waals surface area (Å²) in [6, 6.07) is 5.89. The maximum atomic E-state index is 11.0. The van der Waals surface area contributed by atoms with Gasteiger partial charge in [-0.15, -0.1) is 11.3 Å². The summed E-state index contributed by atoms with van der Waals surface area (Å²) in [7, 11) is 2.14. The van der Waals surface area contributed by atoms with Crippen LogP contribution in [0.25, 0.3) is 22.2 Å². The summed E-state index contributed by atoms with van der Waals surface area (Å²) in [6.45, 7) is 9.98. The number of thiophene rings is 1. The third kappa shape index (κ3) is 7.13. The molecule has 0 saturated carbocycles. The van der Waals surface area contributed by atoms with Gasteiger partial charge in [-0.1, -0.05) is 18.5 Å². The van der Waals surface area contributed by atoms with E-state index in [2.05, 4.69) is 42.0 Å². The van der Waals surface area contributed by atoms with Gasteiger partial charge in [0.05, 0.1) is 11.0 Å². The molecule has 0 bridgehead atoms. The van der Waals surface area contributed by atoms with Crippen molar-refractivity contribution in [3.63, 3.8) is 0 Å². The Bertz CT molecular complexity index is 1150. The van der Waals surface area contributed by atoms with Crippen LogP contribution in [-0.4, -0.2) is 63.6 Å². The molecule has 196 valence electrons. The molecule has 3 aromatic rings. The summed E-state index contributed by atoms with van der Waals surface area (Å²) in [6.07, 6.45) is -0.265. The van der Waals surface area contributed by atoms with Crippen molar-refractivity contribution in [2.24, 2.45) is 5.73 Å². The molecule has 2 atom stereocenters. The maximum absolute atomic E-state index is 11.0. The van der Waals surface area contributed by atoms with Crippen molar-refractivity contribution in [2.45, 2.75) is 65.7 Å². The monoisotopic (exact) mass is 516 g/mol.